The zero-order valence-corrected chi connectivity index (χ0v) is 13.2. The molecule has 0 saturated carbocycles. The molecule has 3 nitrogen and oxygen atoms in total. The molecule has 0 bridgehead atoms. The van der Waals surface area contributed by atoms with Crippen LogP contribution >= 0.6 is 11.3 Å². The Balaban J connectivity index is 1.61. The van der Waals surface area contributed by atoms with E-state index >= 15 is 0 Å². The van der Waals surface area contributed by atoms with Crippen LogP contribution in [0, 0.1) is 6.92 Å². The number of benzene rings is 1. The van der Waals surface area contributed by atoms with Crippen molar-refractivity contribution in [1.82, 2.24) is 9.88 Å². The molecular formula is C17H22N2OS. The van der Waals surface area contributed by atoms with E-state index in [1.165, 1.54) is 17.7 Å². The van der Waals surface area contributed by atoms with Gasteiger partial charge in [-0.1, -0.05) is 30.3 Å². The summed E-state index contributed by atoms with van der Waals surface area (Å²) in [6, 6.07) is 10.6. The van der Waals surface area contributed by atoms with Gasteiger partial charge < -0.3 is 5.11 Å². The van der Waals surface area contributed by atoms with E-state index in [2.05, 4.69) is 34.3 Å². The molecule has 0 amide bonds. The predicted molar refractivity (Wildman–Crippen MR) is 86.6 cm³/mol. The van der Waals surface area contributed by atoms with E-state index in [1.807, 2.05) is 18.2 Å². The molecule has 0 unspecified atom stereocenters. The molecule has 4 heteroatoms. The normalized spacial score (nSPS) is 20.8. The van der Waals surface area contributed by atoms with E-state index in [-0.39, 0.29) is 6.10 Å². The molecule has 1 fully saturated rings. The van der Waals surface area contributed by atoms with E-state index in [0.717, 1.165) is 30.9 Å². The highest BCUT2D eigenvalue weighted by Gasteiger charge is 2.29. The average molecular weight is 302 g/mol. The summed E-state index contributed by atoms with van der Waals surface area (Å²) in [5.74, 6) is 0. The topological polar surface area (TPSA) is 36.4 Å². The summed E-state index contributed by atoms with van der Waals surface area (Å²) < 4.78 is 0. The number of aromatic nitrogens is 1. The van der Waals surface area contributed by atoms with Gasteiger partial charge in [-0.25, -0.2) is 4.98 Å². The summed E-state index contributed by atoms with van der Waals surface area (Å²) in [5, 5.41) is 13.7. The zero-order chi connectivity index (χ0) is 14.7. The smallest absolute Gasteiger partial charge is 0.0898 e. The fourth-order valence-electron chi connectivity index (χ4n) is 3.13. The SMILES string of the molecule is Cc1nc([C@H]2CCCN2C[C@@H](O)Cc2ccccc2)cs1. The fraction of sp³-hybridized carbons (Fsp3) is 0.471. The van der Waals surface area contributed by atoms with E-state index in [0.29, 0.717) is 6.04 Å². The van der Waals surface area contributed by atoms with Crippen LogP contribution in [0.1, 0.15) is 35.1 Å². The number of aliphatic hydroxyl groups excluding tert-OH is 1. The maximum absolute atomic E-state index is 10.4. The second kappa shape index (κ2) is 6.69. The number of nitrogens with zero attached hydrogens (tertiary/aromatic N) is 2. The molecule has 1 N–H and O–H groups in total. The fourth-order valence-corrected chi connectivity index (χ4v) is 3.79. The van der Waals surface area contributed by atoms with Crippen LogP contribution in [0.3, 0.4) is 0 Å². The number of thiazole rings is 1. The Bertz CT molecular complexity index is 569. The molecule has 3 rings (SSSR count). The van der Waals surface area contributed by atoms with Gasteiger partial charge in [0.25, 0.3) is 0 Å². The third-order valence-electron chi connectivity index (χ3n) is 4.10. The first kappa shape index (κ1) is 14.7. The molecule has 0 radical (unpaired) electrons. The minimum atomic E-state index is -0.312. The number of aliphatic hydroxyl groups is 1. The van der Waals surface area contributed by atoms with Crippen molar-refractivity contribution in [2.24, 2.45) is 0 Å². The first-order chi connectivity index (χ1) is 10.2. The third-order valence-corrected chi connectivity index (χ3v) is 4.89. The largest absolute Gasteiger partial charge is 0.391 e. The molecule has 21 heavy (non-hydrogen) atoms. The number of rotatable bonds is 5. The van der Waals surface area contributed by atoms with E-state index in [4.69, 9.17) is 0 Å². The van der Waals surface area contributed by atoms with Crippen LogP contribution in [-0.2, 0) is 6.42 Å². The summed E-state index contributed by atoms with van der Waals surface area (Å²) >= 11 is 1.71. The minimum Gasteiger partial charge on any atom is -0.391 e. The van der Waals surface area contributed by atoms with Crippen molar-refractivity contribution >= 4 is 11.3 Å². The van der Waals surface area contributed by atoms with Gasteiger partial charge in [-0.05, 0) is 38.3 Å². The first-order valence-electron chi connectivity index (χ1n) is 7.60. The van der Waals surface area contributed by atoms with Crippen LogP contribution < -0.4 is 0 Å². The van der Waals surface area contributed by atoms with Gasteiger partial charge in [0, 0.05) is 11.9 Å². The van der Waals surface area contributed by atoms with Crippen LogP contribution in [0.4, 0.5) is 0 Å². The van der Waals surface area contributed by atoms with Crippen molar-refractivity contribution < 1.29 is 5.11 Å². The quantitative estimate of drug-likeness (QED) is 0.921. The lowest BCUT2D eigenvalue weighted by Crippen LogP contribution is -2.33. The lowest BCUT2D eigenvalue weighted by molar-refractivity contribution is 0.105. The highest BCUT2D eigenvalue weighted by molar-refractivity contribution is 7.09. The Morgan fingerprint density at radius 3 is 2.90 bits per heavy atom. The molecule has 2 atom stereocenters. The van der Waals surface area contributed by atoms with Crippen LogP contribution in [-0.4, -0.2) is 34.2 Å². The van der Waals surface area contributed by atoms with Crippen LogP contribution in [0.15, 0.2) is 35.7 Å². The molecule has 1 aliphatic rings. The Labute approximate surface area is 130 Å². The van der Waals surface area contributed by atoms with Gasteiger partial charge in [0.1, 0.15) is 0 Å². The monoisotopic (exact) mass is 302 g/mol. The van der Waals surface area contributed by atoms with Gasteiger partial charge in [0.2, 0.25) is 0 Å². The minimum absolute atomic E-state index is 0.312. The van der Waals surface area contributed by atoms with Crippen LogP contribution in [0.25, 0.3) is 0 Å². The van der Waals surface area contributed by atoms with Gasteiger partial charge in [-0.15, -0.1) is 11.3 Å². The maximum atomic E-state index is 10.4. The first-order valence-corrected chi connectivity index (χ1v) is 8.48. The zero-order valence-electron chi connectivity index (χ0n) is 12.4. The average Bonchev–Trinajstić information content (AvgIpc) is 3.08. The van der Waals surface area contributed by atoms with Gasteiger partial charge in [-0.2, -0.15) is 0 Å². The summed E-state index contributed by atoms with van der Waals surface area (Å²) in [4.78, 5) is 7.02. The number of likely N-dealkylation sites (tertiary alicyclic amines) is 1. The molecular weight excluding hydrogens is 280 g/mol. The highest BCUT2D eigenvalue weighted by atomic mass is 32.1. The Kier molecular flexibility index (Phi) is 4.68. The van der Waals surface area contributed by atoms with Crippen molar-refractivity contribution in [3.63, 3.8) is 0 Å². The molecule has 1 aromatic carbocycles. The summed E-state index contributed by atoms with van der Waals surface area (Å²) in [6.45, 7) is 3.85. The van der Waals surface area contributed by atoms with Crippen molar-refractivity contribution in [2.75, 3.05) is 13.1 Å². The summed E-state index contributed by atoms with van der Waals surface area (Å²) in [7, 11) is 0. The third kappa shape index (κ3) is 3.70. The van der Waals surface area contributed by atoms with Crippen LogP contribution in [0.5, 0.6) is 0 Å². The van der Waals surface area contributed by atoms with Gasteiger partial charge in [-0.3, -0.25) is 4.90 Å². The lowest BCUT2D eigenvalue weighted by atomic mass is 10.1. The highest BCUT2D eigenvalue weighted by Crippen LogP contribution is 2.32. The maximum Gasteiger partial charge on any atom is 0.0898 e. The lowest BCUT2D eigenvalue weighted by Gasteiger charge is -2.25. The van der Waals surface area contributed by atoms with Crippen molar-refractivity contribution in [3.8, 4) is 0 Å². The molecule has 1 aromatic heterocycles. The second-order valence-electron chi connectivity index (χ2n) is 5.79. The van der Waals surface area contributed by atoms with Crippen molar-refractivity contribution in [3.05, 3.63) is 52.0 Å². The van der Waals surface area contributed by atoms with Crippen LogP contribution in [0.2, 0.25) is 0 Å². The van der Waals surface area contributed by atoms with Crippen molar-refractivity contribution in [2.45, 2.75) is 38.3 Å². The Hall–Kier alpha value is -1.23. The molecule has 0 aliphatic carbocycles. The summed E-state index contributed by atoms with van der Waals surface area (Å²) in [5.41, 5.74) is 2.38. The number of hydrogen-bond acceptors (Lipinski definition) is 4. The molecule has 1 saturated heterocycles. The predicted octanol–water partition coefficient (Wildman–Crippen LogP) is 3.19. The number of aryl methyl sites for hydroxylation is 1. The Morgan fingerprint density at radius 2 is 2.19 bits per heavy atom. The molecule has 112 valence electrons. The van der Waals surface area contributed by atoms with Gasteiger partial charge >= 0.3 is 0 Å². The molecule has 2 heterocycles. The van der Waals surface area contributed by atoms with E-state index in [1.54, 1.807) is 11.3 Å². The molecule has 1 aliphatic heterocycles. The van der Waals surface area contributed by atoms with Gasteiger partial charge in [0.15, 0.2) is 0 Å². The number of hydrogen-bond donors (Lipinski definition) is 1. The van der Waals surface area contributed by atoms with E-state index < -0.39 is 0 Å². The van der Waals surface area contributed by atoms with Gasteiger partial charge in [0.05, 0.1) is 22.8 Å². The molecule has 0 spiro atoms. The summed E-state index contributed by atoms with van der Waals surface area (Å²) in [6.07, 6.45) is 2.76. The van der Waals surface area contributed by atoms with Crippen molar-refractivity contribution in [1.29, 1.82) is 0 Å². The van der Waals surface area contributed by atoms with E-state index in [9.17, 15) is 5.11 Å². The second-order valence-corrected chi connectivity index (χ2v) is 6.85. The Morgan fingerprint density at radius 1 is 1.38 bits per heavy atom. The molecule has 2 aromatic rings. The standard InChI is InChI=1S/C17H22N2OS/c1-13-18-16(12-21-13)17-8-5-9-19(17)11-15(20)10-14-6-3-2-4-7-14/h2-4,6-7,12,15,17,20H,5,8-11H2,1H3/t15-,17+/m0/s1. The number of β-amino-alcohol motifs (C(OH)–C–C–N with tert-alkyl or cyclic N) is 1.